The fourth-order valence-electron chi connectivity index (χ4n) is 4.52. The molecule has 4 rings (SSSR count). The van der Waals surface area contributed by atoms with Gasteiger partial charge in [0.2, 0.25) is 0 Å². The van der Waals surface area contributed by atoms with Gasteiger partial charge in [-0.1, -0.05) is 30.3 Å². The molecule has 33 heavy (non-hydrogen) atoms. The molecular formula is C25H28N4O4. The van der Waals surface area contributed by atoms with Crippen LogP contribution in [0.5, 0.6) is 0 Å². The van der Waals surface area contributed by atoms with E-state index in [0.29, 0.717) is 25.1 Å². The largest absolute Gasteiger partial charge is 0.448 e. The van der Waals surface area contributed by atoms with Gasteiger partial charge in [0.1, 0.15) is 12.1 Å². The lowest BCUT2D eigenvalue weighted by Crippen LogP contribution is -2.57. The average molecular weight is 449 g/mol. The number of likely N-dealkylation sites (N-methyl/N-ethyl adjacent to an activating group) is 2. The molecule has 0 aromatic heterocycles. The molecule has 1 fully saturated rings. The summed E-state index contributed by atoms with van der Waals surface area (Å²) in [5.74, 6) is -0.822. The van der Waals surface area contributed by atoms with Crippen LogP contribution in [0.4, 0.5) is 0 Å². The molecule has 2 aromatic carbocycles. The summed E-state index contributed by atoms with van der Waals surface area (Å²) in [5, 5.41) is 22.0. The number of nitriles is 1. The number of aliphatic hydroxyl groups excluding tert-OH is 1. The van der Waals surface area contributed by atoms with Crippen molar-refractivity contribution in [2.45, 2.75) is 24.2 Å². The lowest BCUT2D eigenvalue weighted by Gasteiger charge is -2.44. The molecule has 8 nitrogen and oxygen atoms in total. The summed E-state index contributed by atoms with van der Waals surface area (Å²) in [4.78, 5) is 28.2. The van der Waals surface area contributed by atoms with Crippen molar-refractivity contribution in [2.24, 2.45) is 0 Å². The van der Waals surface area contributed by atoms with E-state index in [4.69, 9.17) is 4.74 Å². The highest BCUT2D eigenvalue weighted by molar-refractivity contribution is 5.96. The van der Waals surface area contributed by atoms with E-state index in [1.165, 1.54) is 0 Å². The fourth-order valence-corrected chi connectivity index (χ4v) is 4.52. The highest BCUT2D eigenvalue weighted by atomic mass is 16.6. The first-order valence-electron chi connectivity index (χ1n) is 10.9. The van der Waals surface area contributed by atoms with Gasteiger partial charge in [0.25, 0.3) is 5.91 Å². The molecule has 2 atom stereocenters. The van der Waals surface area contributed by atoms with E-state index in [0.717, 1.165) is 22.3 Å². The number of carbonyl (C=O) groups is 2. The molecule has 2 heterocycles. The van der Waals surface area contributed by atoms with E-state index in [-0.39, 0.29) is 12.5 Å². The SMILES string of the molecule is CN(C)C[C@H](O)C(=O)N[C@H](C#N)Cc1ccc(-c2ccc3c(c2)C2(CN(C)C2)OC3=O)cc1. The lowest BCUT2D eigenvalue weighted by molar-refractivity contribution is -0.130. The molecule has 1 saturated heterocycles. The molecule has 0 bridgehead atoms. The van der Waals surface area contributed by atoms with Crippen LogP contribution >= 0.6 is 0 Å². The van der Waals surface area contributed by atoms with Gasteiger partial charge < -0.3 is 20.1 Å². The number of nitrogens with zero attached hydrogens (tertiary/aromatic N) is 3. The molecule has 1 amide bonds. The lowest BCUT2D eigenvalue weighted by atomic mass is 9.84. The van der Waals surface area contributed by atoms with Crippen LogP contribution < -0.4 is 5.32 Å². The summed E-state index contributed by atoms with van der Waals surface area (Å²) < 4.78 is 5.70. The number of likely N-dealkylation sites (tertiary alicyclic amines) is 1. The summed E-state index contributed by atoms with van der Waals surface area (Å²) in [6.45, 7) is 1.57. The molecule has 2 aliphatic rings. The fraction of sp³-hybridized carbons (Fsp3) is 0.400. The van der Waals surface area contributed by atoms with Crippen molar-refractivity contribution in [2.75, 3.05) is 40.8 Å². The molecule has 0 aliphatic carbocycles. The second-order valence-electron chi connectivity index (χ2n) is 9.19. The molecule has 0 radical (unpaired) electrons. The van der Waals surface area contributed by atoms with Crippen molar-refractivity contribution in [1.82, 2.24) is 15.1 Å². The maximum atomic E-state index is 12.3. The predicted octanol–water partition coefficient (Wildman–Crippen LogP) is 1.14. The van der Waals surface area contributed by atoms with E-state index in [2.05, 4.69) is 16.3 Å². The summed E-state index contributed by atoms with van der Waals surface area (Å²) >= 11 is 0. The van der Waals surface area contributed by atoms with Crippen molar-refractivity contribution < 1.29 is 19.4 Å². The second-order valence-corrected chi connectivity index (χ2v) is 9.19. The Morgan fingerprint density at radius 1 is 1.24 bits per heavy atom. The van der Waals surface area contributed by atoms with Gasteiger partial charge in [-0.3, -0.25) is 9.69 Å². The number of amides is 1. The number of nitrogens with one attached hydrogen (secondary N) is 1. The molecule has 172 valence electrons. The normalized spacial score (nSPS) is 18.2. The third kappa shape index (κ3) is 4.62. The minimum atomic E-state index is -1.19. The number of fused-ring (bicyclic) bond motifs is 2. The molecule has 2 aromatic rings. The number of carbonyl (C=O) groups excluding carboxylic acids is 2. The number of aliphatic hydroxyl groups is 1. The van der Waals surface area contributed by atoms with Crippen molar-refractivity contribution in [1.29, 1.82) is 5.26 Å². The molecule has 8 heteroatoms. The van der Waals surface area contributed by atoms with Gasteiger partial charge in [0.05, 0.1) is 11.6 Å². The number of rotatable bonds is 7. The first-order chi connectivity index (χ1) is 15.7. The van der Waals surface area contributed by atoms with Crippen LogP contribution in [0.25, 0.3) is 11.1 Å². The van der Waals surface area contributed by atoms with Gasteiger partial charge in [-0.05, 0) is 50.0 Å². The monoisotopic (exact) mass is 448 g/mol. The zero-order chi connectivity index (χ0) is 23.8. The summed E-state index contributed by atoms with van der Waals surface area (Å²) in [5.41, 5.74) is 3.91. The maximum absolute atomic E-state index is 12.3. The highest BCUT2D eigenvalue weighted by Gasteiger charge is 2.52. The van der Waals surface area contributed by atoms with Crippen LogP contribution in [0.15, 0.2) is 42.5 Å². The topological polar surface area (TPSA) is 106 Å². The third-order valence-electron chi connectivity index (χ3n) is 6.11. The summed E-state index contributed by atoms with van der Waals surface area (Å²) in [7, 11) is 5.52. The smallest absolute Gasteiger partial charge is 0.339 e. The van der Waals surface area contributed by atoms with Crippen LogP contribution in [0, 0.1) is 11.3 Å². The Morgan fingerprint density at radius 2 is 1.91 bits per heavy atom. The number of esters is 1. The standard InChI is InChI=1S/C25H28N4O4/c1-28(2)13-22(30)23(31)27-19(12-26)10-16-4-6-17(7-5-16)18-8-9-20-21(11-18)25(33-24(20)32)14-29(3)15-25/h4-9,11,19,22,30H,10,13-15H2,1-3H3,(H,27,31)/t19-,22-/m0/s1. The molecule has 1 spiro atoms. The Bertz CT molecular complexity index is 1100. The van der Waals surface area contributed by atoms with Crippen molar-refractivity contribution in [3.05, 3.63) is 59.2 Å². The Kier molecular flexibility index (Phi) is 6.21. The number of hydrogen-bond acceptors (Lipinski definition) is 7. The minimum Gasteiger partial charge on any atom is -0.448 e. The summed E-state index contributed by atoms with van der Waals surface area (Å²) in [6, 6.07) is 14.9. The van der Waals surface area contributed by atoms with Gasteiger partial charge in [-0.2, -0.15) is 5.26 Å². The van der Waals surface area contributed by atoms with Crippen LogP contribution in [0.1, 0.15) is 21.5 Å². The number of hydrogen-bond donors (Lipinski definition) is 2. The van der Waals surface area contributed by atoms with Crippen LogP contribution in [0.2, 0.25) is 0 Å². The minimum absolute atomic E-state index is 0.188. The average Bonchev–Trinajstić information content (AvgIpc) is 3.05. The van der Waals surface area contributed by atoms with Gasteiger partial charge >= 0.3 is 5.97 Å². The van der Waals surface area contributed by atoms with Gasteiger partial charge in [0.15, 0.2) is 5.60 Å². The first kappa shape index (κ1) is 22.9. The van der Waals surface area contributed by atoms with Crippen LogP contribution in [0.3, 0.4) is 0 Å². The number of benzene rings is 2. The first-order valence-corrected chi connectivity index (χ1v) is 10.9. The molecule has 2 N–H and O–H groups in total. The Labute approximate surface area is 193 Å². The van der Waals surface area contributed by atoms with Crippen molar-refractivity contribution in [3.63, 3.8) is 0 Å². The van der Waals surface area contributed by atoms with E-state index in [1.807, 2.05) is 49.5 Å². The highest BCUT2D eigenvalue weighted by Crippen LogP contribution is 2.44. The predicted molar refractivity (Wildman–Crippen MR) is 122 cm³/mol. The van der Waals surface area contributed by atoms with Crippen molar-refractivity contribution >= 4 is 11.9 Å². The number of ether oxygens (including phenoxy) is 1. The summed E-state index contributed by atoms with van der Waals surface area (Å²) in [6.07, 6.45) is -0.855. The van der Waals surface area contributed by atoms with Crippen molar-refractivity contribution in [3.8, 4) is 17.2 Å². The zero-order valence-corrected chi connectivity index (χ0v) is 19.0. The van der Waals surface area contributed by atoms with E-state index in [9.17, 15) is 20.0 Å². The van der Waals surface area contributed by atoms with E-state index >= 15 is 0 Å². The maximum Gasteiger partial charge on any atom is 0.339 e. The van der Waals surface area contributed by atoms with E-state index < -0.39 is 23.7 Å². The quantitative estimate of drug-likeness (QED) is 0.612. The van der Waals surface area contributed by atoms with E-state index in [1.54, 1.807) is 19.0 Å². The second kappa shape index (κ2) is 8.94. The molecule has 2 aliphatic heterocycles. The Morgan fingerprint density at radius 3 is 2.52 bits per heavy atom. The van der Waals surface area contributed by atoms with Gasteiger partial charge in [-0.15, -0.1) is 0 Å². The Hall–Kier alpha value is -3.25. The Balaban J connectivity index is 1.45. The molecule has 0 unspecified atom stereocenters. The molecular weight excluding hydrogens is 420 g/mol. The van der Waals surface area contributed by atoms with Crippen LogP contribution in [-0.4, -0.2) is 79.7 Å². The molecule has 0 saturated carbocycles. The zero-order valence-electron chi connectivity index (χ0n) is 19.0. The van der Waals surface area contributed by atoms with Gasteiger partial charge in [-0.25, -0.2) is 4.79 Å². The van der Waals surface area contributed by atoms with Gasteiger partial charge in [0, 0.05) is 31.6 Å². The third-order valence-corrected chi connectivity index (χ3v) is 6.11. The van der Waals surface area contributed by atoms with Crippen LogP contribution in [-0.2, 0) is 21.6 Å².